The third-order valence-electron chi connectivity index (χ3n) is 5.40. The number of Topliss-reactive ketones (excluding diaryl/α,β-unsaturated/α-hetero) is 1. The molecular formula is C23H22BrNO4. The van der Waals surface area contributed by atoms with Crippen molar-refractivity contribution in [1.82, 2.24) is 4.90 Å². The Hall–Kier alpha value is -2.60. The molecule has 1 atom stereocenters. The lowest BCUT2D eigenvalue weighted by atomic mass is 9.95. The lowest BCUT2D eigenvalue weighted by Gasteiger charge is -2.35. The third kappa shape index (κ3) is 4.08. The number of hydrogen-bond donors (Lipinski definition) is 0. The molecule has 1 fully saturated rings. The molecule has 6 heteroatoms. The number of methoxy groups -OCH3 is 1. The summed E-state index contributed by atoms with van der Waals surface area (Å²) >= 11 is 3.43. The van der Waals surface area contributed by atoms with Gasteiger partial charge in [-0.2, -0.15) is 0 Å². The summed E-state index contributed by atoms with van der Waals surface area (Å²) in [5.41, 5.74) is 1.20. The summed E-state index contributed by atoms with van der Waals surface area (Å²) in [6.45, 7) is 0.632. The molecule has 0 N–H and O–H groups in total. The molecule has 1 aromatic heterocycles. The zero-order valence-electron chi connectivity index (χ0n) is 16.2. The second kappa shape index (κ2) is 8.41. The monoisotopic (exact) mass is 455 g/mol. The highest BCUT2D eigenvalue weighted by Crippen LogP contribution is 2.29. The molecular weight excluding hydrogens is 434 g/mol. The molecule has 1 saturated heterocycles. The zero-order valence-corrected chi connectivity index (χ0v) is 17.8. The SMILES string of the molecule is COc1ccc(Br)cc1C(=O)N1CCCCC1CC(=O)c1cc2ccccc2o1. The molecule has 1 aliphatic rings. The van der Waals surface area contributed by atoms with Crippen molar-refractivity contribution in [2.45, 2.75) is 31.7 Å². The molecule has 1 amide bonds. The summed E-state index contributed by atoms with van der Waals surface area (Å²) in [6.07, 6.45) is 2.98. The van der Waals surface area contributed by atoms with E-state index in [2.05, 4.69) is 15.9 Å². The van der Waals surface area contributed by atoms with Gasteiger partial charge in [0.2, 0.25) is 0 Å². The van der Waals surface area contributed by atoms with Gasteiger partial charge < -0.3 is 14.1 Å². The van der Waals surface area contributed by atoms with Crippen molar-refractivity contribution < 1.29 is 18.7 Å². The van der Waals surface area contributed by atoms with E-state index in [0.717, 1.165) is 29.1 Å². The highest BCUT2D eigenvalue weighted by Gasteiger charge is 2.31. The van der Waals surface area contributed by atoms with Crippen LogP contribution in [0.1, 0.15) is 46.6 Å². The predicted octanol–water partition coefficient (Wildman–Crippen LogP) is 5.47. The number of ketones is 1. The van der Waals surface area contributed by atoms with E-state index in [1.54, 1.807) is 25.3 Å². The maximum Gasteiger partial charge on any atom is 0.257 e. The number of carbonyl (C=O) groups is 2. The number of ether oxygens (including phenoxy) is 1. The second-order valence-corrected chi connectivity index (χ2v) is 8.18. The summed E-state index contributed by atoms with van der Waals surface area (Å²) in [5, 5.41) is 0.909. The molecule has 5 nitrogen and oxygen atoms in total. The first-order valence-corrected chi connectivity index (χ1v) is 10.5. The van der Waals surface area contributed by atoms with E-state index in [9.17, 15) is 9.59 Å². The van der Waals surface area contributed by atoms with Crippen molar-refractivity contribution in [1.29, 1.82) is 0 Å². The van der Waals surface area contributed by atoms with Crippen LogP contribution in [0, 0.1) is 0 Å². The molecule has 0 bridgehead atoms. The van der Waals surface area contributed by atoms with Gasteiger partial charge in [-0.1, -0.05) is 34.1 Å². The maximum absolute atomic E-state index is 13.3. The first-order chi connectivity index (χ1) is 14.1. The molecule has 1 unspecified atom stereocenters. The normalized spacial score (nSPS) is 16.8. The van der Waals surface area contributed by atoms with Gasteiger partial charge in [0.1, 0.15) is 11.3 Å². The van der Waals surface area contributed by atoms with Gasteiger partial charge in [0.25, 0.3) is 5.91 Å². The largest absolute Gasteiger partial charge is 0.496 e. The summed E-state index contributed by atoms with van der Waals surface area (Å²) < 4.78 is 11.9. The van der Waals surface area contributed by atoms with Gasteiger partial charge >= 0.3 is 0 Å². The van der Waals surface area contributed by atoms with Crippen molar-refractivity contribution >= 4 is 38.6 Å². The first-order valence-electron chi connectivity index (χ1n) is 9.73. The molecule has 0 saturated carbocycles. The number of halogens is 1. The molecule has 0 radical (unpaired) electrons. The van der Waals surface area contributed by atoms with Gasteiger partial charge in [-0.05, 0) is 49.6 Å². The van der Waals surface area contributed by atoms with Gasteiger partial charge in [-0.25, -0.2) is 0 Å². The Balaban J connectivity index is 1.56. The van der Waals surface area contributed by atoms with E-state index in [1.165, 1.54) is 0 Å². The lowest BCUT2D eigenvalue weighted by Crippen LogP contribution is -2.44. The Labute approximate surface area is 177 Å². The number of amides is 1. The van der Waals surface area contributed by atoms with Gasteiger partial charge in [-0.3, -0.25) is 9.59 Å². The minimum absolute atomic E-state index is 0.0768. The van der Waals surface area contributed by atoms with Gasteiger partial charge in [-0.15, -0.1) is 0 Å². The number of rotatable bonds is 5. The number of para-hydroxylation sites is 1. The van der Waals surface area contributed by atoms with Crippen molar-refractivity contribution in [3.8, 4) is 5.75 Å². The van der Waals surface area contributed by atoms with Crippen molar-refractivity contribution in [3.05, 3.63) is 64.3 Å². The molecule has 0 aliphatic carbocycles. The molecule has 4 rings (SSSR count). The highest BCUT2D eigenvalue weighted by molar-refractivity contribution is 9.10. The number of nitrogens with zero attached hydrogens (tertiary/aromatic N) is 1. The number of benzene rings is 2. The molecule has 2 heterocycles. The Morgan fingerprint density at radius 2 is 2.00 bits per heavy atom. The molecule has 150 valence electrons. The average molecular weight is 456 g/mol. The molecule has 3 aromatic rings. The fourth-order valence-electron chi connectivity index (χ4n) is 3.92. The minimum Gasteiger partial charge on any atom is -0.496 e. The first kappa shape index (κ1) is 19.7. The lowest BCUT2D eigenvalue weighted by molar-refractivity contribution is 0.0581. The highest BCUT2D eigenvalue weighted by atomic mass is 79.9. The second-order valence-electron chi connectivity index (χ2n) is 7.27. The minimum atomic E-state index is -0.152. The number of likely N-dealkylation sites (tertiary alicyclic amines) is 1. The zero-order chi connectivity index (χ0) is 20.4. The summed E-state index contributed by atoms with van der Waals surface area (Å²) in [7, 11) is 1.55. The fraction of sp³-hybridized carbons (Fsp3) is 0.304. The van der Waals surface area contributed by atoms with E-state index < -0.39 is 0 Å². The van der Waals surface area contributed by atoms with Crippen LogP contribution in [0.2, 0.25) is 0 Å². The quantitative estimate of drug-likeness (QED) is 0.478. The van der Waals surface area contributed by atoms with Crippen LogP contribution in [-0.2, 0) is 0 Å². The molecule has 29 heavy (non-hydrogen) atoms. The average Bonchev–Trinajstić information content (AvgIpc) is 3.18. The van der Waals surface area contributed by atoms with E-state index >= 15 is 0 Å². The van der Waals surface area contributed by atoms with E-state index in [1.807, 2.05) is 35.2 Å². The van der Waals surface area contributed by atoms with Crippen LogP contribution in [0.4, 0.5) is 0 Å². The van der Waals surface area contributed by atoms with Gasteiger partial charge in [0.05, 0.1) is 12.7 Å². The Bertz CT molecular complexity index is 1020. The van der Waals surface area contributed by atoms with Crippen LogP contribution in [0.3, 0.4) is 0 Å². The van der Waals surface area contributed by atoms with Crippen LogP contribution in [0.15, 0.2) is 57.4 Å². The summed E-state index contributed by atoms with van der Waals surface area (Å²) in [5.74, 6) is 0.702. The number of carbonyl (C=O) groups excluding carboxylic acids is 2. The van der Waals surface area contributed by atoms with E-state index in [4.69, 9.17) is 9.15 Å². The standard InChI is InChI=1S/C23H22BrNO4/c1-28-21-10-9-16(24)13-18(21)23(27)25-11-5-4-7-17(25)14-19(26)22-12-15-6-2-3-8-20(15)29-22/h2-3,6,8-10,12-13,17H,4-5,7,11,14H2,1H3. The van der Waals surface area contributed by atoms with Crippen LogP contribution in [0.25, 0.3) is 11.0 Å². The Morgan fingerprint density at radius 3 is 2.79 bits per heavy atom. The molecule has 2 aromatic carbocycles. The Morgan fingerprint density at radius 1 is 1.17 bits per heavy atom. The van der Waals surface area contributed by atoms with E-state index in [-0.39, 0.29) is 24.2 Å². The predicted molar refractivity (Wildman–Crippen MR) is 115 cm³/mol. The topological polar surface area (TPSA) is 59.8 Å². The summed E-state index contributed by atoms with van der Waals surface area (Å²) in [4.78, 5) is 28.0. The third-order valence-corrected chi connectivity index (χ3v) is 5.89. The van der Waals surface area contributed by atoms with Gasteiger partial charge in [0.15, 0.2) is 11.5 Å². The maximum atomic E-state index is 13.3. The molecule has 0 spiro atoms. The smallest absolute Gasteiger partial charge is 0.257 e. The molecule has 1 aliphatic heterocycles. The number of piperidine rings is 1. The fourth-order valence-corrected chi connectivity index (χ4v) is 4.28. The van der Waals surface area contributed by atoms with Gasteiger partial charge in [0, 0.05) is 28.9 Å². The number of furan rings is 1. The van der Waals surface area contributed by atoms with Crippen LogP contribution < -0.4 is 4.74 Å². The number of hydrogen-bond acceptors (Lipinski definition) is 4. The van der Waals surface area contributed by atoms with Crippen molar-refractivity contribution in [2.24, 2.45) is 0 Å². The van der Waals surface area contributed by atoms with Crippen molar-refractivity contribution in [3.63, 3.8) is 0 Å². The van der Waals surface area contributed by atoms with Crippen LogP contribution in [-0.4, -0.2) is 36.3 Å². The van der Waals surface area contributed by atoms with Crippen molar-refractivity contribution in [2.75, 3.05) is 13.7 Å². The Kier molecular flexibility index (Phi) is 5.72. The van der Waals surface area contributed by atoms with Crippen LogP contribution in [0.5, 0.6) is 5.75 Å². The van der Waals surface area contributed by atoms with Crippen LogP contribution >= 0.6 is 15.9 Å². The number of fused-ring (bicyclic) bond motifs is 1. The summed E-state index contributed by atoms with van der Waals surface area (Å²) in [6, 6.07) is 14.6. The van der Waals surface area contributed by atoms with E-state index in [0.29, 0.717) is 29.2 Å².